The van der Waals surface area contributed by atoms with Crippen LogP contribution in [0.3, 0.4) is 0 Å². The third kappa shape index (κ3) is 4.37. The summed E-state index contributed by atoms with van der Waals surface area (Å²) in [6.07, 6.45) is 1.61. The molecule has 8 rings (SSSR count). The van der Waals surface area contributed by atoms with Gasteiger partial charge in [0.1, 0.15) is 0 Å². The van der Waals surface area contributed by atoms with Gasteiger partial charge in [-0.2, -0.15) is 0 Å². The van der Waals surface area contributed by atoms with Gasteiger partial charge in [-0.05, 0) is 0 Å². The first-order valence-electron chi connectivity index (χ1n) is 15.1. The van der Waals surface area contributed by atoms with Crippen molar-refractivity contribution in [2.24, 2.45) is 0 Å². The Morgan fingerprint density at radius 1 is 0.638 bits per heavy atom. The Morgan fingerprint density at radius 3 is 1.74 bits per heavy atom. The molecule has 0 saturated heterocycles. The van der Waals surface area contributed by atoms with Gasteiger partial charge in [0.05, 0.1) is 0 Å². The van der Waals surface area contributed by atoms with Gasteiger partial charge in [-0.1, -0.05) is 0 Å². The summed E-state index contributed by atoms with van der Waals surface area (Å²) in [6.45, 7) is 1.60. The summed E-state index contributed by atoms with van der Waals surface area (Å²) >= 11 is 0. The first-order chi connectivity index (χ1) is 22.3. The van der Waals surface area contributed by atoms with E-state index in [-0.39, 0.29) is 77.3 Å². The normalized spacial score (nSPS) is 19.2. The third-order valence-electron chi connectivity index (χ3n) is 9.97. The summed E-state index contributed by atoms with van der Waals surface area (Å²) in [4.78, 5) is 10.5. The molecule has 3 aliphatic carbocycles. The second kappa shape index (κ2) is 11.3. The molecular weight excluding hydrogens is 555 g/mol. The van der Waals surface area contributed by atoms with Gasteiger partial charge in [-0.3, -0.25) is 0 Å². The van der Waals surface area contributed by atoms with Gasteiger partial charge >= 0.3 is 291 Å². The summed E-state index contributed by atoms with van der Waals surface area (Å²) in [6, 6.07) is 16.7. The number of nitrogens with zero attached hydrogens (tertiary/aromatic N) is 2. The second-order valence-corrected chi connectivity index (χ2v) is 12.4. The fourth-order valence-electron chi connectivity index (χ4n) is 7.52. The predicted octanol–water partition coefficient (Wildman–Crippen LogP) is -2.07. The van der Waals surface area contributed by atoms with Crippen LogP contribution in [0.5, 0.6) is 0 Å². The molecule has 0 atom stereocenters. The number of fused-ring (bicyclic) bond motifs is 4. The fourth-order valence-corrected chi connectivity index (χ4v) is 7.52. The Labute approximate surface area is 290 Å². The monoisotopic (exact) mass is 573 g/mol. The van der Waals surface area contributed by atoms with Crippen LogP contribution in [0.4, 0.5) is 0 Å². The van der Waals surface area contributed by atoms with Crippen molar-refractivity contribution in [2.75, 3.05) is 0 Å². The van der Waals surface area contributed by atoms with Crippen molar-refractivity contribution in [3.05, 3.63) is 104 Å². The number of aromatic nitrogens is 2. The standard InChI is InChI=1S/C34H16B11N2/c1-12(35)21(36)25(40)28(43)30(45)32-20-18-19(23(38)27(42)26(41)22(18)37)24(39)29(44)31(20)46-33(47-32)34-11-10-13(14-6-2-4-8-16(14)34)15-7-3-5-9-17(15)34/h2-9,13H,10-11H2,1H3/b21-12-,28-25-. The van der Waals surface area contributed by atoms with E-state index < -0.39 is 5.41 Å². The Balaban J connectivity index is 1.69. The average Bonchev–Trinajstić information content (AvgIpc) is 3.09. The van der Waals surface area contributed by atoms with E-state index in [0.717, 1.165) is 24.0 Å². The van der Waals surface area contributed by atoms with Crippen LogP contribution in [0.25, 0.3) is 21.7 Å². The van der Waals surface area contributed by atoms with Crippen LogP contribution in [0.15, 0.2) is 70.4 Å². The summed E-state index contributed by atoms with van der Waals surface area (Å²) in [5.41, 5.74) is 5.21. The van der Waals surface area contributed by atoms with Crippen molar-refractivity contribution in [3.8, 4) is 0 Å². The average molecular weight is 571 g/mol. The molecule has 0 spiro atoms. The van der Waals surface area contributed by atoms with Crippen LogP contribution in [-0.4, -0.2) is 101 Å². The molecule has 2 nitrogen and oxygen atoms in total. The van der Waals surface area contributed by atoms with E-state index in [1.807, 2.05) is 24.3 Å². The second-order valence-electron chi connectivity index (χ2n) is 12.4. The van der Waals surface area contributed by atoms with Gasteiger partial charge in [0.2, 0.25) is 0 Å². The molecule has 13 heteroatoms. The zero-order chi connectivity index (χ0) is 33.7. The van der Waals surface area contributed by atoms with Crippen molar-refractivity contribution in [2.45, 2.75) is 31.1 Å². The molecule has 0 amide bonds. The number of benzene rings is 4. The molecule has 2 bridgehead atoms. The summed E-state index contributed by atoms with van der Waals surface area (Å²) in [5.74, 6) is 0.695. The Morgan fingerprint density at radius 2 is 1.17 bits per heavy atom. The van der Waals surface area contributed by atoms with E-state index in [4.69, 9.17) is 95.9 Å². The Hall–Kier alpha value is -3.46. The maximum atomic E-state index is 6.91. The summed E-state index contributed by atoms with van der Waals surface area (Å²) in [7, 11) is 71.3. The van der Waals surface area contributed by atoms with Crippen LogP contribution in [0, 0.1) is 0 Å². The maximum absolute atomic E-state index is 6.91. The van der Waals surface area contributed by atoms with Crippen LogP contribution in [-0.2, 0) is 5.41 Å². The van der Waals surface area contributed by atoms with Gasteiger partial charge in [-0.25, -0.2) is 0 Å². The molecule has 195 valence electrons. The van der Waals surface area contributed by atoms with E-state index in [0.29, 0.717) is 22.0 Å². The van der Waals surface area contributed by atoms with E-state index >= 15 is 0 Å². The molecule has 3 aliphatic rings. The van der Waals surface area contributed by atoms with Crippen molar-refractivity contribution >= 4 is 146 Å². The topological polar surface area (TPSA) is 25.8 Å². The van der Waals surface area contributed by atoms with Gasteiger partial charge in [0.15, 0.2) is 0 Å². The van der Waals surface area contributed by atoms with Crippen LogP contribution in [0.1, 0.15) is 59.5 Å². The quantitative estimate of drug-likeness (QED) is 0.141. The number of hydrogen-bond donors (Lipinski definition) is 0. The molecule has 47 heavy (non-hydrogen) atoms. The molecule has 21 radical (unpaired) electrons. The molecule has 1 aromatic heterocycles. The minimum absolute atomic E-state index is 0.0124. The number of rotatable bonds is 4. The zero-order valence-corrected chi connectivity index (χ0v) is 25.9. The van der Waals surface area contributed by atoms with Gasteiger partial charge in [-0.15, -0.1) is 0 Å². The Bertz CT molecular complexity index is 2260. The first-order valence-corrected chi connectivity index (χ1v) is 15.1. The molecule has 1 heterocycles. The molecule has 0 fully saturated rings. The van der Waals surface area contributed by atoms with Crippen molar-refractivity contribution in [1.29, 1.82) is 0 Å². The predicted molar refractivity (Wildman–Crippen MR) is 206 cm³/mol. The van der Waals surface area contributed by atoms with Crippen molar-refractivity contribution in [3.63, 3.8) is 0 Å². The molecule has 0 N–H and O–H groups in total. The SMILES string of the molecule is [B]/C(C)=C([B])/C([B])=C(/[B])C(=[B])c1nc(C23CCC(c4ccccc42)c2ccccc23)nc2c([B])c([B])c3c([B])c([B])c([B])c([B])c3c12. The van der Waals surface area contributed by atoms with Gasteiger partial charge in [0.25, 0.3) is 0 Å². The van der Waals surface area contributed by atoms with E-state index in [9.17, 15) is 0 Å². The zero-order valence-electron chi connectivity index (χ0n) is 25.9. The van der Waals surface area contributed by atoms with Crippen LogP contribution in [0.2, 0.25) is 0 Å². The van der Waals surface area contributed by atoms with Gasteiger partial charge in [0, 0.05) is 0 Å². The van der Waals surface area contributed by atoms with Crippen molar-refractivity contribution < 1.29 is 0 Å². The van der Waals surface area contributed by atoms with E-state index in [2.05, 4.69) is 24.3 Å². The van der Waals surface area contributed by atoms with E-state index in [1.54, 1.807) is 6.92 Å². The van der Waals surface area contributed by atoms with Crippen molar-refractivity contribution in [1.82, 2.24) is 9.97 Å². The molecule has 0 saturated carbocycles. The van der Waals surface area contributed by atoms with Crippen LogP contribution < -0.4 is 32.8 Å². The molecule has 0 aliphatic heterocycles. The number of hydrogen-bond acceptors (Lipinski definition) is 2. The van der Waals surface area contributed by atoms with E-state index in [1.165, 1.54) is 11.1 Å². The molecule has 0 unspecified atom stereocenters. The van der Waals surface area contributed by atoms with Crippen LogP contribution >= 0.6 is 0 Å². The molecule has 5 aromatic rings. The fraction of sp³-hybridized carbons (Fsp3) is 0.147. The minimum atomic E-state index is -0.761. The Kier molecular flexibility index (Phi) is 7.73. The van der Waals surface area contributed by atoms with Gasteiger partial charge < -0.3 is 0 Å². The molecular formula is C34H16B11N2. The summed E-state index contributed by atoms with van der Waals surface area (Å²) < 4.78 is 0. The molecule has 4 aromatic carbocycles. The number of allylic oxidation sites excluding steroid dienone is 4. The third-order valence-corrected chi connectivity index (χ3v) is 9.97. The first kappa shape index (κ1) is 32.1. The summed E-state index contributed by atoms with van der Waals surface area (Å²) in [5, 5.41) is 0.953.